The maximum absolute atomic E-state index is 10.6. The van der Waals surface area contributed by atoms with Crippen molar-refractivity contribution in [2.45, 2.75) is 19.8 Å². The Morgan fingerprint density at radius 2 is 1.96 bits per heavy atom. The van der Waals surface area contributed by atoms with Crippen LogP contribution in [0.1, 0.15) is 36.7 Å². The highest BCUT2D eigenvalue weighted by Crippen LogP contribution is 2.40. The van der Waals surface area contributed by atoms with Gasteiger partial charge in [0.1, 0.15) is 5.69 Å². The molecule has 3 aromatic rings. The van der Waals surface area contributed by atoms with Gasteiger partial charge in [-0.1, -0.05) is 53.2 Å². The van der Waals surface area contributed by atoms with E-state index in [1.165, 1.54) is 0 Å². The normalized spacial score (nSPS) is 14.6. The van der Waals surface area contributed by atoms with Crippen LogP contribution >= 0.6 is 11.6 Å². The lowest BCUT2D eigenvalue weighted by Gasteiger charge is -2.12. The van der Waals surface area contributed by atoms with E-state index < -0.39 is 0 Å². The van der Waals surface area contributed by atoms with E-state index in [0.29, 0.717) is 22.0 Å². The van der Waals surface area contributed by atoms with Crippen LogP contribution in [0.5, 0.6) is 0 Å². The van der Waals surface area contributed by atoms with Crippen molar-refractivity contribution in [1.29, 1.82) is 0 Å². The summed E-state index contributed by atoms with van der Waals surface area (Å²) in [5, 5.41) is 15.6. The third-order valence-corrected chi connectivity index (χ3v) is 4.88. The minimum absolute atomic E-state index is 0.174. The molecule has 4 nitrogen and oxygen atoms in total. The number of halogens is 1. The molecule has 2 aromatic heterocycles. The van der Waals surface area contributed by atoms with Crippen LogP contribution in [0.2, 0.25) is 5.02 Å². The maximum Gasteiger partial charge on any atom is 0.175 e. The van der Waals surface area contributed by atoms with E-state index in [-0.39, 0.29) is 5.76 Å². The Morgan fingerprint density at radius 3 is 2.61 bits per heavy atom. The predicted molar refractivity (Wildman–Crippen MR) is 112 cm³/mol. The van der Waals surface area contributed by atoms with Crippen molar-refractivity contribution in [2.75, 3.05) is 0 Å². The highest BCUT2D eigenvalue weighted by Gasteiger charge is 2.26. The molecule has 0 saturated carbocycles. The van der Waals surface area contributed by atoms with Crippen LogP contribution in [0.25, 0.3) is 22.4 Å². The van der Waals surface area contributed by atoms with E-state index in [1.807, 2.05) is 42.5 Å². The summed E-state index contributed by atoms with van der Waals surface area (Å²) in [5.41, 5.74) is 4.65. The van der Waals surface area contributed by atoms with Crippen molar-refractivity contribution in [3.05, 3.63) is 94.7 Å². The molecule has 0 aliphatic heterocycles. The van der Waals surface area contributed by atoms with Gasteiger partial charge in [0.25, 0.3) is 0 Å². The quantitative estimate of drug-likeness (QED) is 0.519. The van der Waals surface area contributed by atoms with Crippen LogP contribution in [0.4, 0.5) is 0 Å². The third kappa shape index (κ3) is 3.51. The standard InChI is InChI=1S/C23H19ClN2O2/c1-15(27)20(18-8-5-13-25-14-18)21-22(16-9-11-19(24)12-10-16)26-28-23(21)17-6-3-2-4-7-17/h3,5-14,27H,2,4H2,1H3/b20-15-. The lowest BCUT2D eigenvalue weighted by molar-refractivity contribution is 0.410. The third-order valence-electron chi connectivity index (χ3n) is 4.63. The summed E-state index contributed by atoms with van der Waals surface area (Å²) < 4.78 is 5.80. The number of pyridine rings is 1. The molecular weight excluding hydrogens is 372 g/mol. The van der Waals surface area contributed by atoms with Crippen molar-refractivity contribution >= 4 is 22.7 Å². The first-order chi connectivity index (χ1) is 13.6. The zero-order valence-corrected chi connectivity index (χ0v) is 16.1. The average molecular weight is 391 g/mol. The zero-order valence-electron chi connectivity index (χ0n) is 15.4. The number of hydrogen-bond donors (Lipinski definition) is 1. The van der Waals surface area contributed by atoms with Gasteiger partial charge in [-0.15, -0.1) is 0 Å². The van der Waals surface area contributed by atoms with Crippen LogP contribution < -0.4 is 0 Å². The van der Waals surface area contributed by atoms with Gasteiger partial charge in [0, 0.05) is 39.7 Å². The molecule has 0 spiro atoms. The molecule has 28 heavy (non-hydrogen) atoms. The van der Waals surface area contributed by atoms with E-state index >= 15 is 0 Å². The summed E-state index contributed by atoms with van der Waals surface area (Å²) in [7, 11) is 0. The summed E-state index contributed by atoms with van der Waals surface area (Å²) in [6, 6.07) is 11.2. The first kappa shape index (κ1) is 18.3. The Bertz CT molecular complexity index is 1070. The molecule has 0 saturated heterocycles. The van der Waals surface area contributed by atoms with Crippen molar-refractivity contribution in [1.82, 2.24) is 10.1 Å². The van der Waals surface area contributed by atoms with E-state index in [4.69, 9.17) is 16.1 Å². The minimum Gasteiger partial charge on any atom is -0.512 e. The molecule has 0 unspecified atom stereocenters. The molecule has 2 heterocycles. The average Bonchev–Trinajstić information content (AvgIpc) is 3.14. The molecular formula is C23H19ClN2O2. The molecule has 0 amide bonds. The zero-order chi connectivity index (χ0) is 19.5. The summed E-state index contributed by atoms with van der Waals surface area (Å²) in [5.74, 6) is 0.807. The largest absolute Gasteiger partial charge is 0.512 e. The SMILES string of the molecule is C/C(O)=C(\c1cccnc1)c1c(-c2ccc(Cl)cc2)noc1C1=CCCC=C1. The second-order valence-electron chi connectivity index (χ2n) is 6.58. The molecule has 1 N–H and O–H groups in total. The Kier molecular flexibility index (Phi) is 5.13. The first-order valence-electron chi connectivity index (χ1n) is 9.08. The fourth-order valence-electron chi connectivity index (χ4n) is 3.35. The lowest BCUT2D eigenvalue weighted by Crippen LogP contribution is -1.98. The molecule has 1 aliphatic carbocycles. The second kappa shape index (κ2) is 7.87. The van der Waals surface area contributed by atoms with E-state index in [0.717, 1.165) is 35.1 Å². The smallest absolute Gasteiger partial charge is 0.175 e. The molecule has 1 aromatic carbocycles. The number of allylic oxidation sites excluding steroid dienone is 5. The van der Waals surface area contributed by atoms with Gasteiger partial charge >= 0.3 is 0 Å². The fourth-order valence-corrected chi connectivity index (χ4v) is 3.48. The van der Waals surface area contributed by atoms with Crippen LogP contribution in [-0.4, -0.2) is 15.2 Å². The van der Waals surface area contributed by atoms with Gasteiger partial charge in [-0.3, -0.25) is 4.98 Å². The topological polar surface area (TPSA) is 59.2 Å². The Labute approximate surface area is 168 Å². The number of hydrogen-bond acceptors (Lipinski definition) is 4. The fraction of sp³-hybridized carbons (Fsp3) is 0.130. The number of aliphatic hydroxyl groups excluding tert-OH is 1. The van der Waals surface area contributed by atoms with Crippen molar-refractivity contribution in [2.24, 2.45) is 0 Å². The van der Waals surface area contributed by atoms with Gasteiger partial charge in [0.2, 0.25) is 0 Å². The Balaban J connectivity index is 1.98. The van der Waals surface area contributed by atoms with Crippen LogP contribution in [0.15, 0.2) is 77.3 Å². The summed E-state index contributed by atoms with van der Waals surface area (Å²) in [6.07, 6.45) is 11.6. The number of nitrogens with zero attached hydrogens (tertiary/aromatic N) is 2. The maximum atomic E-state index is 10.6. The summed E-state index contributed by atoms with van der Waals surface area (Å²) in [4.78, 5) is 4.21. The van der Waals surface area contributed by atoms with E-state index in [1.54, 1.807) is 19.3 Å². The predicted octanol–water partition coefficient (Wildman–Crippen LogP) is 6.46. The first-order valence-corrected chi connectivity index (χ1v) is 9.46. The van der Waals surface area contributed by atoms with Gasteiger partial charge in [0.05, 0.1) is 11.3 Å². The molecule has 0 atom stereocenters. The monoisotopic (exact) mass is 390 g/mol. The molecule has 5 heteroatoms. The van der Waals surface area contributed by atoms with E-state index in [9.17, 15) is 5.11 Å². The van der Waals surface area contributed by atoms with Gasteiger partial charge in [0.15, 0.2) is 5.76 Å². The van der Waals surface area contributed by atoms with Crippen molar-refractivity contribution in [3.8, 4) is 11.3 Å². The highest BCUT2D eigenvalue weighted by molar-refractivity contribution is 6.30. The lowest BCUT2D eigenvalue weighted by atomic mass is 9.90. The van der Waals surface area contributed by atoms with Gasteiger partial charge < -0.3 is 9.63 Å². The number of aromatic nitrogens is 2. The number of rotatable bonds is 4. The van der Waals surface area contributed by atoms with Gasteiger partial charge in [-0.2, -0.15) is 0 Å². The van der Waals surface area contributed by atoms with Crippen molar-refractivity contribution < 1.29 is 9.63 Å². The number of aliphatic hydroxyl groups is 1. The number of benzene rings is 1. The van der Waals surface area contributed by atoms with Crippen LogP contribution in [0.3, 0.4) is 0 Å². The van der Waals surface area contributed by atoms with Crippen molar-refractivity contribution in [3.63, 3.8) is 0 Å². The molecule has 1 aliphatic rings. The van der Waals surface area contributed by atoms with Crippen LogP contribution in [0, 0.1) is 0 Å². The second-order valence-corrected chi connectivity index (χ2v) is 7.02. The summed E-state index contributed by atoms with van der Waals surface area (Å²) in [6.45, 7) is 1.66. The highest BCUT2D eigenvalue weighted by atomic mass is 35.5. The summed E-state index contributed by atoms with van der Waals surface area (Å²) >= 11 is 6.06. The van der Waals surface area contributed by atoms with E-state index in [2.05, 4.69) is 22.3 Å². The van der Waals surface area contributed by atoms with Crippen LogP contribution in [-0.2, 0) is 0 Å². The Morgan fingerprint density at radius 1 is 1.14 bits per heavy atom. The minimum atomic E-state index is 0.174. The molecule has 4 rings (SSSR count). The molecule has 0 bridgehead atoms. The molecule has 0 radical (unpaired) electrons. The Hall–Kier alpha value is -3.11. The molecule has 0 fully saturated rings. The van der Waals surface area contributed by atoms with Gasteiger partial charge in [-0.25, -0.2) is 0 Å². The molecule has 140 valence electrons. The van der Waals surface area contributed by atoms with Gasteiger partial charge in [-0.05, 0) is 38.0 Å².